The molecule has 9 nitrogen and oxygen atoms in total. The molecule has 0 aliphatic heterocycles. The van der Waals surface area contributed by atoms with E-state index in [9.17, 15) is 14.4 Å². The van der Waals surface area contributed by atoms with Crippen LogP contribution in [0.2, 0.25) is 0 Å². The number of likely N-dealkylation sites (N-methyl/N-ethyl adjacent to an activating group) is 1. The molecule has 31 heavy (non-hydrogen) atoms. The number of carbonyl (C=O) groups is 1. The summed E-state index contributed by atoms with van der Waals surface area (Å²) >= 11 is 0. The first kappa shape index (κ1) is 21.4. The summed E-state index contributed by atoms with van der Waals surface area (Å²) in [7, 11) is 0. The minimum atomic E-state index is -0.764. The number of nitriles is 1. The van der Waals surface area contributed by atoms with Gasteiger partial charge in [0.05, 0.1) is 12.1 Å². The number of H-pyrrole nitrogens is 1. The second-order valence-electron chi connectivity index (χ2n) is 6.60. The van der Waals surface area contributed by atoms with E-state index in [1.54, 1.807) is 31.2 Å². The number of nitrogens with two attached hydrogens (primary N) is 1. The number of hydrogen-bond donors (Lipinski definition) is 2. The van der Waals surface area contributed by atoms with Gasteiger partial charge in [0.1, 0.15) is 17.6 Å². The predicted octanol–water partition coefficient (Wildman–Crippen LogP) is 1.47. The number of para-hydroxylation sites is 1. The van der Waals surface area contributed by atoms with Gasteiger partial charge in [-0.3, -0.25) is 19.1 Å². The van der Waals surface area contributed by atoms with Crippen LogP contribution in [0.4, 0.5) is 11.5 Å². The second-order valence-corrected chi connectivity index (χ2v) is 6.60. The largest absolute Gasteiger partial charge is 0.482 e. The lowest BCUT2D eigenvalue weighted by atomic mass is 10.2. The van der Waals surface area contributed by atoms with Crippen LogP contribution < -0.4 is 26.6 Å². The number of benzene rings is 2. The van der Waals surface area contributed by atoms with Crippen molar-refractivity contribution >= 4 is 17.4 Å². The SMILES string of the molecule is CCN(C(=O)COc1ccccc1C#N)c1c(N)n(Cc2ccccc2)c(=O)[nH]c1=O. The first-order chi connectivity index (χ1) is 15.0. The number of rotatable bonds is 7. The van der Waals surface area contributed by atoms with Crippen molar-refractivity contribution in [2.24, 2.45) is 0 Å². The van der Waals surface area contributed by atoms with Crippen LogP contribution in [0, 0.1) is 11.3 Å². The molecular formula is C22H21N5O4. The highest BCUT2D eigenvalue weighted by Crippen LogP contribution is 2.20. The van der Waals surface area contributed by atoms with Crippen molar-refractivity contribution in [2.75, 3.05) is 23.8 Å². The molecule has 1 heterocycles. The lowest BCUT2D eigenvalue weighted by Crippen LogP contribution is -2.42. The van der Waals surface area contributed by atoms with Gasteiger partial charge in [0, 0.05) is 6.54 Å². The molecule has 0 aliphatic carbocycles. The highest BCUT2D eigenvalue weighted by atomic mass is 16.5. The molecule has 0 bridgehead atoms. The van der Waals surface area contributed by atoms with Gasteiger partial charge >= 0.3 is 5.69 Å². The number of aromatic amines is 1. The van der Waals surface area contributed by atoms with Gasteiger partial charge in [-0.05, 0) is 24.6 Å². The number of nitrogens with zero attached hydrogens (tertiary/aromatic N) is 3. The summed E-state index contributed by atoms with van der Waals surface area (Å²) in [4.78, 5) is 41.1. The molecule has 0 radical (unpaired) electrons. The van der Waals surface area contributed by atoms with Crippen LogP contribution in [0.1, 0.15) is 18.1 Å². The Kier molecular flexibility index (Phi) is 6.52. The summed E-state index contributed by atoms with van der Waals surface area (Å²) in [6.07, 6.45) is 0. The van der Waals surface area contributed by atoms with E-state index in [1.807, 2.05) is 36.4 Å². The molecular weight excluding hydrogens is 398 g/mol. The third-order valence-corrected chi connectivity index (χ3v) is 4.64. The highest BCUT2D eigenvalue weighted by molar-refractivity contribution is 5.96. The Morgan fingerprint density at radius 3 is 2.52 bits per heavy atom. The number of anilines is 2. The first-order valence-corrected chi connectivity index (χ1v) is 9.55. The maximum absolute atomic E-state index is 12.8. The summed E-state index contributed by atoms with van der Waals surface area (Å²) in [5.74, 6) is -0.409. The zero-order valence-corrected chi connectivity index (χ0v) is 16.9. The first-order valence-electron chi connectivity index (χ1n) is 9.55. The van der Waals surface area contributed by atoms with Crippen LogP contribution in [0.25, 0.3) is 0 Å². The average molecular weight is 419 g/mol. The maximum atomic E-state index is 12.8. The quantitative estimate of drug-likeness (QED) is 0.596. The number of hydrogen-bond acceptors (Lipinski definition) is 6. The van der Waals surface area contributed by atoms with E-state index in [2.05, 4.69) is 4.98 Å². The Bertz CT molecular complexity index is 1240. The van der Waals surface area contributed by atoms with E-state index in [4.69, 9.17) is 15.7 Å². The van der Waals surface area contributed by atoms with Crippen molar-refractivity contribution in [3.8, 4) is 11.8 Å². The number of carbonyl (C=O) groups excluding carboxylic acids is 1. The number of nitrogens with one attached hydrogen (secondary N) is 1. The van der Waals surface area contributed by atoms with Crippen LogP contribution in [-0.2, 0) is 11.3 Å². The minimum absolute atomic E-state index is 0.120. The van der Waals surface area contributed by atoms with Crippen LogP contribution in [-0.4, -0.2) is 28.6 Å². The molecule has 0 saturated carbocycles. The minimum Gasteiger partial charge on any atom is -0.482 e. The molecule has 9 heteroatoms. The second kappa shape index (κ2) is 9.45. The van der Waals surface area contributed by atoms with Gasteiger partial charge in [-0.1, -0.05) is 42.5 Å². The topological polar surface area (TPSA) is 134 Å². The molecule has 1 amide bonds. The van der Waals surface area contributed by atoms with E-state index in [0.717, 1.165) is 10.5 Å². The van der Waals surface area contributed by atoms with E-state index in [1.165, 1.54) is 4.57 Å². The van der Waals surface area contributed by atoms with Gasteiger partial charge in [-0.2, -0.15) is 5.26 Å². The van der Waals surface area contributed by atoms with Gasteiger partial charge in [-0.25, -0.2) is 4.79 Å². The molecule has 0 unspecified atom stereocenters. The predicted molar refractivity (Wildman–Crippen MR) is 116 cm³/mol. The van der Waals surface area contributed by atoms with E-state index < -0.39 is 23.8 Å². The van der Waals surface area contributed by atoms with E-state index in [0.29, 0.717) is 0 Å². The zero-order chi connectivity index (χ0) is 22.4. The Labute approximate surface area is 177 Å². The third-order valence-electron chi connectivity index (χ3n) is 4.64. The molecule has 1 aromatic heterocycles. The highest BCUT2D eigenvalue weighted by Gasteiger charge is 2.23. The lowest BCUT2D eigenvalue weighted by Gasteiger charge is -2.23. The van der Waals surface area contributed by atoms with Crippen LogP contribution in [0.15, 0.2) is 64.2 Å². The van der Waals surface area contributed by atoms with Gasteiger partial charge in [0.25, 0.3) is 11.5 Å². The fourth-order valence-electron chi connectivity index (χ4n) is 3.12. The molecule has 158 valence electrons. The standard InChI is InChI=1S/C22H21N5O4/c1-2-26(18(28)14-31-17-11-7-6-10-16(17)12-23)19-20(24)27(22(30)25-21(19)29)13-15-8-4-3-5-9-15/h3-11H,2,13-14,24H2,1H3,(H,25,29,30). The van der Waals surface area contributed by atoms with Crippen molar-refractivity contribution in [3.63, 3.8) is 0 Å². The van der Waals surface area contributed by atoms with Gasteiger partial charge < -0.3 is 15.4 Å². The number of amides is 1. The Morgan fingerprint density at radius 2 is 1.84 bits per heavy atom. The molecule has 0 fully saturated rings. The molecule has 0 aliphatic rings. The Balaban J connectivity index is 1.91. The van der Waals surface area contributed by atoms with Gasteiger partial charge in [-0.15, -0.1) is 0 Å². The summed E-state index contributed by atoms with van der Waals surface area (Å²) in [6, 6.07) is 17.6. The van der Waals surface area contributed by atoms with Crippen molar-refractivity contribution in [3.05, 3.63) is 86.6 Å². The Morgan fingerprint density at radius 1 is 1.16 bits per heavy atom. The van der Waals surface area contributed by atoms with Crippen LogP contribution in [0.3, 0.4) is 0 Å². The van der Waals surface area contributed by atoms with E-state index >= 15 is 0 Å². The Hall–Kier alpha value is -4.32. The number of aromatic nitrogens is 2. The fourth-order valence-corrected chi connectivity index (χ4v) is 3.12. The number of ether oxygens (including phenoxy) is 1. The lowest BCUT2D eigenvalue weighted by molar-refractivity contribution is -0.120. The molecule has 0 saturated heterocycles. The average Bonchev–Trinajstić information content (AvgIpc) is 2.78. The molecule has 3 N–H and O–H groups in total. The third kappa shape index (κ3) is 4.64. The van der Waals surface area contributed by atoms with Crippen LogP contribution in [0.5, 0.6) is 5.75 Å². The van der Waals surface area contributed by atoms with Crippen molar-refractivity contribution in [1.82, 2.24) is 9.55 Å². The van der Waals surface area contributed by atoms with Gasteiger partial charge in [0.15, 0.2) is 12.3 Å². The smallest absolute Gasteiger partial charge is 0.330 e. The van der Waals surface area contributed by atoms with Crippen molar-refractivity contribution in [2.45, 2.75) is 13.5 Å². The summed E-state index contributed by atoms with van der Waals surface area (Å²) in [5, 5.41) is 9.15. The molecule has 0 spiro atoms. The summed E-state index contributed by atoms with van der Waals surface area (Å²) in [6.45, 7) is 1.52. The van der Waals surface area contributed by atoms with E-state index in [-0.39, 0.29) is 35.9 Å². The number of nitrogen functional groups attached to an aromatic ring is 1. The van der Waals surface area contributed by atoms with Crippen molar-refractivity contribution < 1.29 is 9.53 Å². The molecule has 2 aromatic carbocycles. The summed E-state index contributed by atoms with van der Waals surface area (Å²) < 4.78 is 6.69. The maximum Gasteiger partial charge on any atom is 0.330 e. The molecule has 3 aromatic rings. The van der Waals surface area contributed by atoms with Crippen molar-refractivity contribution in [1.29, 1.82) is 5.26 Å². The van der Waals surface area contributed by atoms with Gasteiger partial charge in [0.2, 0.25) is 0 Å². The normalized spacial score (nSPS) is 10.3. The molecule has 3 rings (SSSR count). The summed E-state index contributed by atoms with van der Waals surface area (Å²) in [5.41, 5.74) is 5.70. The zero-order valence-electron chi connectivity index (χ0n) is 16.9. The monoisotopic (exact) mass is 419 g/mol. The molecule has 0 atom stereocenters. The fraction of sp³-hybridized carbons (Fsp3) is 0.182. The van der Waals surface area contributed by atoms with Crippen LogP contribution >= 0.6 is 0 Å².